The lowest BCUT2D eigenvalue weighted by atomic mass is 10.0. The number of rotatable bonds is 3. The number of hydrogen-bond donors (Lipinski definition) is 2. The van der Waals surface area contributed by atoms with Gasteiger partial charge < -0.3 is 5.11 Å². The molecule has 0 amide bonds. The van der Waals surface area contributed by atoms with Crippen LogP contribution in [-0.4, -0.2) is 24.5 Å². The molecule has 0 bridgehead atoms. The van der Waals surface area contributed by atoms with E-state index < -0.39 is 20.9 Å². The summed E-state index contributed by atoms with van der Waals surface area (Å²) in [6, 6.07) is 9.46. The van der Waals surface area contributed by atoms with E-state index in [1.165, 1.54) is 29.5 Å². The van der Waals surface area contributed by atoms with Crippen LogP contribution in [0.15, 0.2) is 46.8 Å². The number of carbonyl (C=O) groups is 1. The van der Waals surface area contributed by atoms with Crippen LogP contribution in [0.5, 0.6) is 0 Å². The summed E-state index contributed by atoms with van der Waals surface area (Å²) in [6.45, 7) is 0. The highest BCUT2D eigenvalue weighted by Gasteiger charge is 2.23. The quantitative estimate of drug-likeness (QED) is 0.763. The SMILES string of the molecule is NS(=O)(=O)c1c(C(=O)O)cccc1-c1ccc2scnc2c1. The van der Waals surface area contributed by atoms with Gasteiger partial charge in [0.15, 0.2) is 0 Å². The zero-order valence-electron chi connectivity index (χ0n) is 11.1. The first-order valence-corrected chi connectivity index (χ1v) is 8.53. The Balaban J connectivity index is 2.34. The molecule has 0 unspecified atom stereocenters. The van der Waals surface area contributed by atoms with Crippen LogP contribution in [0.4, 0.5) is 0 Å². The number of nitrogens with two attached hydrogens (primary N) is 1. The Morgan fingerprint density at radius 2 is 2.00 bits per heavy atom. The summed E-state index contributed by atoms with van der Waals surface area (Å²) < 4.78 is 24.7. The molecule has 8 heteroatoms. The van der Waals surface area contributed by atoms with E-state index in [1.54, 1.807) is 17.6 Å². The van der Waals surface area contributed by atoms with E-state index in [0.717, 1.165) is 4.70 Å². The highest BCUT2D eigenvalue weighted by molar-refractivity contribution is 7.89. The molecular formula is C14H10N2O4S2. The third-order valence-corrected chi connectivity index (χ3v) is 4.99. The standard InChI is InChI=1S/C14H10N2O4S2/c15-22(19,20)13-9(2-1-3-10(13)14(17)18)8-4-5-12-11(6-8)16-7-21-12/h1-7H,(H,17,18)(H2,15,19,20). The van der Waals surface area contributed by atoms with E-state index in [4.69, 9.17) is 5.14 Å². The number of primary sulfonamides is 1. The molecule has 0 atom stereocenters. The average Bonchev–Trinajstić information content (AvgIpc) is 2.92. The van der Waals surface area contributed by atoms with Crippen LogP contribution >= 0.6 is 11.3 Å². The lowest BCUT2D eigenvalue weighted by Crippen LogP contribution is -2.18. The van der Waals surface area contributed by atoms with Crippen molar-refractivity contribution in [3.05, 3.63) is 47.5 Å². The fraction of sp³-hybridized carbons (Fsp3) is 0. The summed E-state index contributed by atoms with van der Waals surface area (Å²) >= 11 is 1.46. The van der Waals surface area contributed by atoms with Crippen LogP contribution in [0.2, 0.25) is 0 Å². The van der Waals surface area contributed by atoms with Gasteiger partial charge in [0.25, 0.3) is 0 Å². The third-order valence-electron chi connectivity index (χ3n) is 3.17. The maximum Gasteiger partial charge on any atom is 0.337 e. The van der Waals surface area contributed by atoms with Gasteiger partial charge in [-0.1, -0.05) is 18.2 Å². The van der Waals surface area contributed by atoms with Gasteiger partial charge in [-0.05, 0) is 23.8 Å². The van der Waals surface area contributed by atoms with Crippen LogP contribution in [0.1, 0.15) is 10.4 Å². The van der Waals surface area contributed by atoms with Crippen molar-refractivity contribution in [2.45, 2.75) is 4.90 Å². The molecule has 0 aliphatic rings. The van der Waals surface area contributed by atoms with E-state index >= 15 is 0 Å². The van der Waals surface area contributed by atoms with Crippen molar-refractivity contribution in [2.75, 3.05) is 0 Å². The molecule has 3 N–H and O–H groups in total. The molecular weight excluding hydrogens is 324 g/mol. The van der Waals surface area contributed by atoms with Crippen molar-refractivity contribution < 1.29 is 18.3 Å². The maximum atomic E-state index is 11.9. The van der Waals surface area contributed by atoms with Crippen molar-refractivity contribution in [3.63, 3.8) is 0 Å². The average molecular weight is 334 g/mol. The molecule has 3 aromatic rings. The zero-order valence-corrected chi connectivity index (χ0v) is 12.7. The minimum absolute atomic E-state index is 0.248. The predicted octanol–water partition coefficient (Wildman–Crippen LogP) is 2.31. The summed E-state index contributed by atoms with van der Waals surface area (Å²) in [5.41, 5.74) is 2.84. The molecule has 0 saturated heterocycles. The summed E-state index contributed by atoms with van der Waals surface area (Å²) in [5, 5.41) is 14.4. The zero-order chi connectivity index (χ0) is 15.9. The van der Waals surface area contributed by atoms with Gasteiger partial charge in [-0.25, -0.2) is 23.3 Å². The first kappa shape index (κ1) is 14.6. The number of fused-ring (bicyclic) bond motifs is 1. The molecule has 0 spiro atoms. The van der Waals surface area contributed by atoms with E-state index in [0.29, 0.717) is 11.1 Å². The molecule has 1 heterocycles. The molecule has 0 aliphatic heterocycles. The number of nitrogens with zero attached hydrogens (tertiary/aromatic N) is 1. The van der Waals surface area contributed by atoms with Crippen LogP contribution in [0, 0.1) is 0 Å². The van der Waals surface area contributed by atoms with Crippen LogP contribution in [0.25, 0.3) is 21.3 Å². The number of benzene rings is 2. The fourth-order valence-corrected chi connectivity index (χ4v) is 3.88. The van der Waals surface area contributed by atoms with Gasteiger partial charge in [0.1, 0.15) is 4.90 Å². The highest BCUT2D eigenvalue weighted by atomic mass is 32.2. The second-order valence-corrected chi connectivity index (χ2v) is 6.95. The number of sulfonamides is 1. The first-order valence-electron chi connectivity index (χ1n) is 6.10. The minimum Gasteiger partial charge on any atom is -0.478 e. The molecule has 0 fully saturated rings. The third kappa shape index (κ3) is 2.47. The van der Waals surface area contributed by atoms with Crippen molar-refractivity contribution in [1.82, 2.24) is 4.98 Å². The van der Waals surface area contributed by atoms with Crippen LogP contribution in [0.3, 0.4) is 0 Å². The van der Waals surface area contributed by atoms with Gasteiger partial charge in [-0.3, -0.25) is 0 Å². The molecule has 112 valence electrons. The van der Waals surface area contributed by atoms with Gasteiger partial charge in [-0.2, -0.15) is 0 Å². The van der Waals surface area contributed by atoms with Crippen LogP contribution < -0.4 is 5.14 Å². The molecule has 22 heavy (non-hydrogen) atoms. The van der Waals surface area contributed by atoms with E-state index in [-0.39, 0.29) is 11.1 Å². The monoisotopic (exact) mass is 334 g/mol. The Hall–Kier alpha value is -2.29. The lowest BCUT2D eigenvalue weighted by Gasteiger charge is -2.11. The van der Waals surface area contributed by atoms with E-state index in [9.17, 15) is 18.3 Å². The second-order valence-electron chi connectivity index (χ2n) is 4.57. The largest absolute Gasteiger partial charge is 0.478 e. The Bertz CT molecular complexity index is 993. The normalized spacial score (nSPS) is 11.7. The fourth-order valence-electron chi connectivity index (χ4n) is 2.26. The summed E-state index contributed by atoms with van der Waals surface area (Å²) in [5.74, 6) is -1.35. The van der Waals surface area contributed by atoms with Crippen molar-refractivity contribution >= 4 is 37.5 Å². The van der Waals surface area contributed by atoms with Gasteiger partial charge >= 0.3 is 5.97 Å². The number of hydrogen-bond acceptors (Lipinski definition) is 5. The van der Waals surface area contributed by atoms with Gasteiger partial charge in [0.05, 0.1) is 21.3 Å². The molecule has 0 saturated carbocycles. The van der Waals surface area contributed by atoms with Crippen LogP contribution in [-0.2, 0) is 10.0 Å². The number of thiazole rings is 1. The highest BCUT2D eigenvalue weighted by Crippen LogP contribution is 2.32. The maximum absolute atomic E-state index is 11.9. The molecule has 6 nitrogen and oxygen atoms in total. The van der Waals surface area contributed by atoms with Gasteiger partial charge in [0, 0.05) is 5.56 Å². The number of aromatic nitrogens is 1. The number of carboxylic acid groups (broad SMARTS) is 1. The number of carboxylic acids is 1. The molecule has 3 rings (SSSR count). The second kappa shape index (κ2) is 5.16. The molecule has 0 radical (unpaired) electrons. The topological polar surface area (TPSA) is 110 Å². The summed E-state index contributed by atoms with van der Waals surface area (Å²) in [7, 11) is -4.20. The Kier molecular flexibility index (Phi) is 3.44. The Labute approximate surface area is 129 Å². The van der Waals surface area contributed by atoms with E-state index in [2.05, 4.69) is 4.98 Å². The Morgan fingerprint density at radius 1 is 1.23 bits per heavy atom. The van der Waals surface area contributed by atoms with E-state index in [1.807, 2.05) is 6.07 Å². The Morgan fingerprint density at radius 3 is 2.68 bits per heavy atom. The molecule has 2 aromatic carbocycles. The van der Waals surface area contributed by atoms with Crippen molar-refractivity contribution in [1.29, 1.82) is 0 Å². The smallest absolute Gasteiger partial charge is 0.337 e. The number of aromatic carboxylic acids is 1. The molecule has 1 aromatic heterocycles. The summed E-state index contributed by atoms with van der Waals surface area (Å²) in [4.78, 5) is 15.1. The van der Waals surface area contributed by atoms with Gasteiger partial charge in [-0.15, -0.1) is 11.3 Å². The predicted molar refractivity (Wildman–Crippen MR) is 83.4 cm³/mol. The van der Waals surface area contributed by atoms with Crippen molar-refractivity contribution in [2.24, 2.45) is 5.14 Å². The van der Waals surface area contributed by atoms with Crippen molar-refractivity contribution in [3.8, 4) is 11.1 Å². The first-order chi connectivity index (χ1) is 10.4. The molecule has 0 aliphatic carbocycles. The lowest BCUT2D eigenvalue weighted by molar-refractivity contribution is 0.0692. The summed E-state index contributed by atoms with van der Waals surface area (Å²) in [6.07, 6.45) is 0. The minimum atomic E-state index is -4.20. The van der Waals surface area contributed by atoms with Gasteiger partial charge in [0.2, 0.25) is 10.0 Å².